The molecule has 0 heterocycles. The number of hydrogen-bond acceptors (Lipinski definition) is 4. The molecule has 2 atom stereocenters. The number of aliphatic hydroxyl groups is 2. The van der Waals surface area contributed by atoms with Crippen molar-refractivity contribution in [2.24, 2.45) is 0 Å². The molecule has 0 saturated carbocycles. The Hall–Kier alpha value is 1.67. The molecule has 2 N–H and O–H groups in total. The first-order valence-corrected chi connectivity index (χ1v) is 10.7. The van der Waals surface area contributed by atoms with Crippen molar-refractivity contribution in [3.63, 3.8) is 0 Å². The van der Waals surface area contributed by atoms with Crippen molar-refractivity contribution in [2.75, 3.05) is 32.6 Å². The summed E-state index contributed by atoms with van der Waals surface area (Å²) in [6, 6.07) is 0. The molecular formula is C10H25O4P2Tb-. The van der Waals surface area contributed by atoms with Gasteiger partial charge >= 0.3 is 0 Å². The van der Waals surface area contributed by atoms with Crippen LogP contribution in [0.15, 0.2) is 0 Å². The zero-order valence-corrected chi connectivity index (χ0v) is 15.3. The van der Waals surface area contributed by atoms with E-state index in [2.05, 4.69) is 0 Å². The molecule has 0 rings (SSSR count). The minimum atomic E-state index is -2.05. The van der Waals surface area contributed by atoms with Crippen LogP contribution in [0.3, 0.4) is 0 Å². The van der Waals surface area contributed by atoms with Gasteiger partial charge in [0.25, 0.3) is 0 Å². The van der Waals surface area contributed by atoms with Gasteiger partial charge in [-0.15, -0.1) is 0 Å². The van der Waals surface area contributed by atoms with Gasteiger partial charge < -0.3 is 19.3 Å². The molecule has 7 heteroatoms. The van der Waals surface area contributed by atoms with E-state index in [9.17, 15) is 9.13 Å². The van der Waals surface area contributed by atoms with Gasteiger partial charge in [0.05, 0.1) is 20.2 Å². The average Bonchev–Trinajstić information content (AvgIpc) is 1.72. The first kappa shape index (κ1) is 23.7. The Bertz CT molecular complexity index is 241. The maximum atomic E-state index is 11.1. The van der Waals surface area contributed by atoms with Gasteiger partial charge in [-0.1, -0.05) is 26.1 Å². The minimum Gasteiger partial charge on any atom is -0.425 e. The van der Waals surface area contributed by atoms with E-state index in [4.69, 9.17) is 10.2 Å². The first-order valence-electron chi connectivity index (χ1n) is 5.12. The average molecular weight is 430 g/mol. The van der Waals surface area contributed by atoms with Gasteiger partial charge in [0.2, 0.25) is 0 Å². The van der Waals surface area contributed by atoms with Gasteiger partial charge in [0, 0.05) is 38.6 Å². The van der Waals surface area contributed by atoms with Crippen molar-refractivity contribution in [3.8, 4) is 0 Å². The SMILES string of the molecule is CC(O)[CH-]C(C)O.CP(C)(=O)CP(C)(C)=O.[Tb]. The van der Waals surface area contributed by atoms with Crippen LogP contribution in [0.4, 0.5) is 0 Å². The maximum absolute atomic E-state index is 11.1. The largest absolute Gasteiger partial charge is 0.425 e. The molecule has 0 fully saturated rings. The monoisotopic (exact) mass is 430 g/mol. The molecule has 0 aromatic rings. The van der Waals surface area contributed by atoms with Gasteiger partial charge in [0.1, 0.15) is 0 Å². The van der Waals surface area contributed by atoms with E-state index in [-0.39, 0.29) is 38.6 Å². The van der Waals surface area contributed by atoms with E-state index >= 15 is 0 Å². The smallest absolute Gasteiger partial charge is 0.0889 e. The molecule has 0 saturated heterocycles. The normalized spacial score (nSPS) is 15.1. The van der Waals surface area contributed by atoms with Crippen molar-refractivity contribution in [1.82, 2.24) is 0 Å². The molecule has 2 unspecified atom stereocenters. The Morgan fingerprint density at radius 1 is 0.941 bits per heavy atom. The van der Waals surface area contributed by atoms with Crippen molar-refractivity contribution in [2.45, 2.75) is 26.1 Å². The van der Waals surface area contributed by atoms with Crippen molar-refractivity contribution in [1.29, 1.82) is 0 Å². The number of aliphatic hydroxyl groups excluding tert-OH is 2. The number of rotatable bonds is 4. The third-order valence-electron chi connectivity index (χ3n) is 1.24. The molecule has 0 amide bonds. The first-order chi connectivity index (χ1) is 6.83. The Labute approximate surface area is 136 Å². The summed E-state index contributed by atoms with van der Waals surface area (Å²) in [7, 11) is -4.10. The van der Waals surface area contributed by atoms with Crippen LogP contribution in [0, 0.1) is 45.0 Å². The molecule has 0 aliphatic carbocycles. The Morgan fingerprint density at radius 2 is 1.18 bits per heavy atom. The van der Waals surface area contributed by atoms with E-state index < -0.39 is 26.5 Å². The molecule has 109 valence electrons. The summed E-state index contributed by atoms with van der Waals surface area (Å²) in [5, 5.41) is 17.0. The summed E-state index contributed by atoms with van der Waals surface area (Å²) in [5.41, 5.74) is 0. The fourth-order valence-electron chi connectivity index (χ4n) is 1.22. The Balaban J connectivity index is -0.000000224. The molecular weight excluding hydrogens is 405 g/mol. The second-order valence-corrected chi connectivity index (χ2v) is 12.4. The summed E-state index contributed by atoms with van der Waals surface area (Å²) in [5.74, 6) is 0.403. The van der Waals surface area contributed by atoms with E-state index in [0.717, 1.165) is 0 Å². The fraction of sp³-hybridized carbons (Fsp3) is 0.900. The molecule has 1 radical (unpaired) electrons. The molecule has 0 bridgehead atoms. The zero-order valence-electron chi connectivity index (χ0n) is 11.4. The summed E-state index contributed by atoms with van der Waals surface area (Å²) in [6.45, 7) is 9.90. The summed E-state index contributed by atoms with van der Waals surface area (Å²) in [6.07, 6.45) is 0.444. The van der Waals surface area contributed by atoms with Gasteiger partial charge in [-0.2, -0.15) is 0 Å². The van der Waals surface area contributed by atoms with Gasteiger partial charge in [-0.05, 0) is 26.7 Å². The molecule has 0 spiro atoms. The van der Waals surface area contributed by atoms with E-state index in [1.807, 2.05) is 0 Å². The van der Waals surface area contributed by atoms with Crippen LogP contribution < -0.4 is 0 Å². The van der Waals surface area contributed by atoms with Gasteiger partial charge in [-0.3, -0.25) is 6.42 Å². The van der Waals surface area contributed by atoms with Crippen LogP contribution in [0.1, 0.15) is 13.8 Å². The predicted octanol–water partition coefficient (Wildman–Crippen LogP) is 2.14. The summed E-state index contributed by atoms with van der Waals surface area (Å²) < 4.78 is 22.1. The predicted molar refractivity (Wildman–Crippen MR) is 71.4 cm³/mol. The molecule has 0 aromatic heterocycles. The Kier molecular flexibility index (Phi) is 14.6. The van der Waals surface area contributed by atoms with E-state index in [1.165, 1.54) is 6.42 Å². The third-order valence-corrected chi connectivity index (χ3v) is 6.69. The van der Waals surface area contributed by atoms with Crippen LogP contribution in [-0.2, 0) is 9.13 Å². The van der Waals surface area contributed by atoms with Crippen molar-refractivity contribution >= 4 is 14.3 Å². The molecule has 4 nitrogen and oxygen atoms in total. The van der Waals surface area contributed by atoms with Gasteiger partial charge in [-0.25, -0.2) is 0 Å². The molecule has 17 heavy (non-hydrogen) atoms. The Morgan fingerprint density at radius 3 is 1.18 bits per heavy atom. The fourth-order valence-corrected chi connectivity index (χ4v) is 7.78. The van der Waals surface area contributed by atoms with E-state index in [0.29, 0.717) is 5.90 Å². The summed E-state index contributed by atoms with van der Waals surface area (Å²) >= 11 is 0. The quantitative estimate of drug-likeness (QED) is 0.530. The summed E-state index contributed by atoms with van der Waals surface area (Å²) in [4.78, 5) is 0. The number of hydrogen-bond donors (Lipinski definition) is 2. The second-order valence-electron chi connectivity index (χ2n) is 4.96. The second kappa shape index (κ2) is 10.5. The van der Waals surface area contributed by atoms with Gasteiger partial charge in [0.15, 0.2) is 0 Å². The molecule has 0 aliphatic rings. The van der Waals surface area contributed by atoms with Crippen LogP contribution in [-0.4, -0.2) is 55.0 Å². The standard InChI is InChI=1S/C5H14O2P2.C5H11O2.Tb/c1-8(2,6)5-9(3,4)7;1-4(6)3-5(2)7;/h5H2,1-4H3;3-7H,1-2H3;/q;-1;. The van der Waals surface area contributed by atoms with Crippen LogP contribution >= 0.6 is 14.3 Å². The van der Waals surface area contributed by atoms with Crippen LogP contribution in [0.5, 0.6) is 0 Å². The van der Waals surface area contributed by atoms with Crippen molar-refractivity contribution in [3.05, 3.63) is 6.42 Å². The topological polar surface area (TPSA) is 74.6 Å². The molecule has 0 aromatic carbocycles. The maximum Gasteiger partial charge on any atom is 0.0889 e. The third kappa shape index (κ3) is 31.9. The minimum absolute atomic E-state index is 0. The van der Waals surface area contributed by atoms with E-state index in [1.54, 1.807) is 40.5 Å². The van der Waals surface area contributed by atoms with Crippen molar-refractivity contribution < 1.29 is 58.0 Å². The zero-order chi connectivity index (χ0) is 13.6. The van der Waals surface area contributed by atoms with Crippen LogP contribution in [0.2, 0.25) is 0 Å². The van der Waals surface area contributed by atoms with Crippen LogP contribution in [0.25, 0.3) is 0 Å². The molecule has 0 aliphatic heterocycles.